The molecular formula is C19H12Cl4O5S. The minimum absolute atomic E-state index is 0.0360. The number of phenolic OH excluding ortho intramolecular Hbond substituents is 2. The van der Waals surface area contributed by atoms with Crippen molar-refractivity contribution in [3.8, 4) is 11.5 Å². The second-order valence-corrected chi connectivity index (χ2v) is 9.29. The highest BCUT2D eigenvalue weighted by Crippen LogP contribution is 2.52. The molecule has 0 amide bonds. The molecule has 152 valence electrons. The van der Waals surface area contributed by atoms with E-state index in [0.29, 0.717) is 0 Å². The molecule has 5 nitrogen and oxygen atoms in total. The second kappa shape index (κ2) is 7.87. The van der Waals surface area contributed by atoms with Crippen LogP contribution in [0.1, 0.15) is 16.7 Å². The van der Waals surface area contributed by atoms with Crippen LogP contribution in [0.25, 0.3) is 0 Å². The first-order chi connectivity index (χ1) is 13.5. The highest BCUT2D eigenvalue weighted by molar-refractivity contribution is 7.87. The van der Waals surface area contributed by atoms with Gasteiger partial charge in [-0.2, -0.15) is 8.42 Å². The van der Waals surface area contributed by atoms with Crippen molar-refractivity contribution < 1.29 is 23.2 Å². The fourth-order valence-corrected chi connectivity index (χ4v) is 5.37. The van der Waals surface area contributed by atoms with Gasteiger partial charge in [0.15, 0.2) is 4.75 Å². The molecule has 0 fully saturated rings. The van der Waals surface area contributed by atoms with Crippen molar-refractivity contribution in [3.05, 3.63) is 91.4 Å². The molecule has 1 unspecified atom stereocenters. The quantitative estimate of drug-likeness (QED) is 0.239. The molecule has 0 aromatic heterocycles. The number of benzene rings is 3. The van der Waals surface area contributed by atoms with Gasteiger partial charge in [-0.1, -0.05) is 76.7 Å². The SMILES string of the molecule is O=S(=O)(O)C(c1ccccc1)(c1cc(Cl)cc(Cl)c1)c1cc(O)c(Cl)c(Cl)c1O. The summed E-state index contributed by atoms with van der Waals surface area (Å²) >= 11 is 24.1. The van der Waals surface area contributed by atoms with Gasteiger partial charge in [-0.25, -0.2) is 0 Å². The number of halogens is 4. The zero-order valence-electron chi connectivity index (χ0n) is 14.3. The molecule has 1 atom stereocenters. The number of hydrogen-bond donors (Lipinski definition) is 3. The number of aromatic hydroxyl groups is 2. The highest BCUT2D eigenvalue weighted by Gasteiger charge is 2.51. The van der Waals surface area contributed by atoms with E-state index in [1.165, 1.54) is 42.5 Å². The van der Waals surface area contributed by atoms with Crippen molar-refractivity contribution in [2.45, 2.75) is 4.75 Å². The molecule has 0 heterocycles. The van der Waals surface area contributed by atoms with Crippen molar-refractivity contribution in [1.29, 1.82) is 0 Å². The first kappa shape index (κ1) is 22.0. The lowest BCUT2D eigenvalue weighted by atomic mass is 9.83. The minimum Gasteiger partial charge on any atom is -0.506 e. The van der Waals surface area contributed by atoms with Gasteiger partial charge in [-0.3, -0.25) is 4.55 Å². The molecule has 10 heteroatoms. The summed E-state index contributed by atoms with van der Waals surface area (Å²) in [5.41, 5.74) is -0.484. The van der Waals surface area contributed by atoms with Crippen LogP contribution in [0.3, 0.4) is 0 Å². The lowest BCUT2D eigenvalue weighted by Gasteiger charge is -2.33. The van der Waals surface area contributed by atoms with Crippen LogP contribution in [0.5, 0.6) is 11.5 Å². The Hall–Kier alpha value is -1.67. The third-order valence-corrected chi connectivity index (χ3v) is 7.13. The van der Waals surface area contributed by atoms with E-state index in [9.17, 15) is 23.2 Å². The Bertz CT molecular complexity index is 1180. The molecule has 0 aliphatic rings. The second-order valence-electron chi connectivity index (χ2n) is 6.10. The van der Waals surface area contributed by atoms with E-state index in [1.54, 1.807) is 6.07 Å². The lowest BCUT2D eigenvalue weighted by molar-refractivity contribution is 0.435. The third-order valence-electron chi connectivity index (χ3n) is 4.38. The molecule has 0 spiro atoms. The van der Waals surface area contributed by atoms with Gasteiger partial charge in [0.05, 0.1) is 0 Å². The van der Waals surface area contributed by atoms with Crippen LogP contribution in [0, 0.1) is 0 Å². The van der Waals surface area contributed by atoms with Crippen LogP contribution in [0.15, 0.2) is 54.6 Å². The molecule has 0 aliphatic heterocycles. The highest BCUT2D eigenvalue weighted by atomic mass is 35.5. The zero-order valence-corrected chi connectivity index (χ0v) is 18.1. The fraction of sp³-hybridized carbons (Fsp3) is 0.0526. The minimum atomic E-state index is -5.08. The van der Waals surface area contributed by atoms with E-state index in [-0.39, 0.29) is 26.2 Å². The molecule has 0 bridgehead atoms. The van der Waals surface area contributed by atoms with Crippen LogP contribution in [-0.4, -0.2) is 23.2 Å². The van der Waals surface area contributed by atoms with Crippen molar-refractivity contribution in [2.24, 2.45) is 0 Å². The number of phenols is 2. The van der Waals surface area contributed by atoms with Crippen molar-refractivity contribution in [2.75, 3.05) is 0 Å². The Labute approximate surface area is 186 Å². The Balaban J connectivity index is 2.62. The number of rotatable bonds is 4. The molecule has 3 aromatic rings. The molecule has 3 rings (SSSR count). The lowest BCUT2D eigenvalue weighted by Crippen LogP contribution is -2.38. The largest absolute Gasteiger partial charge is 0.506 e. The van der Waals surface area contributed by atoms with Gasteiger partial charge in [-0.05, 0) is 35.4 Å². The zero-order chi connectivity index (χ0) is 21.6. The van der Waals surface area contributed by atoms with Crippen LogP contribution < -0.4 is 0 Å². The maximum absolute atomic E-state index is 12.9. The van der Waals surface area contributed by atoms with Gasteiger partial charge < -0.3 is 10.2 Å². The topological polar surface area (TPSA) is 94.8 Å². The van der Waals surface area contributed by atoms with Crippen molar-refractivity contribution >= 4 is 56.5 Å². The van der Waals surface area contributed by atoms with Crippen LogP contribution in [0.2, 0.25) is 20.1 Å². The summed E-state index contributed by atoms with van der Waals surface area (Å²) in [5, 5.41) is 20.2. The molecule has 3 N–H and O–H groups in total. The van der Waals surface area contributed by atoms with E-state index >= 15 is 0 Å². The van der Waals surface area contributed by atoms with Gasteiger partial charge in [-0.15, -0.1) is 0 Å². The molecule has 0 radical (unpaired) electrons. The molecule has 0 saturated carbocycles. The Morgan fingerprint density at radius 2 is 1.31 bits per heavy atom. The fourth-order valence-electron chi connectivity index (χ4n) is 3.22. The average molecular weight is 494 g/mol. The van der Waals surface area contributed by atoms with E-state index < -0.39 is 37.0 Å². The predicted octanol–water partition coefficient (Wildman–Crippen LogP) is 5.89. The van der Waals surface area contributed by atoms with Gasteiger partial charge in [0.25, 0.3) is 10.1 Å². The van der Waals surface area contributed by atoms with Crippen molar-refractivity contribution in [3.63, 3.8) is 0 Å². The summed E-state index contributed by atoms with van der Waals surface area (Å²) in [6.07, 6.45) is 0. The standard InChI is InChI=1S/C19H12Cl4O5S/c20-12-6-11(7-13(21)8-12)19(29(26,27)28,10-4-2-1-3-5-10)14-9-15(24)16(22)17(23)18(14)25/h1-9,24-25H,(H,26,27,28). The third kappa shape index (κ3) is 3.65. The summed E-state index contributed by atoms with van der Waals surface area (Å²) in [5.74, 6) is -1.34. The number of hydrogen-bond acceptors (Lipinski definition) is 4. The predicted molar refractivity (Wildman–Crippen MR) is 114 cm³/mol. The first-order valence-corrected chi connectivity index (χ1v) is 10.8. The molecule has 3 aromatic carbocycles. The Morgan fingerprint density at radius 1 is 0.759 bits per heavy atom. The Kier molecular flexibility index (Phi) is 5.98. The monoisotopic (exact) mass is 492 g/mol. The summed E-state index contributed by atoms with van der Waals surface area (Å²) < 4.78 is 33.9. The average Bonchev–Trinajstić information content (AvgIpc) is 2.63. The van der Waals surface area contributed by atoms with Gasteiger partial charge >= 0.3 is 0 Å². The summed E-state index contributed by atoms with van der Waals surface area (Å²) in [4.78, 5) is 0. The van der Waals surface area contributed by atoms with Crippen LogP contribution in [0.4, 0.5) is 0 Å². The first-order valence-electron chi connectivity index (χ1n) is 7.89. The molecular weight excluding hydrogens is 482 g/mol. The maximum atomic E-state index is 12.9. The summed E-state index contributed by atoms with van der Waals surface area (Å²) in [7, 11) is -5.08. The van der Waals surface area contributed by atoms with E-state index in [2.05, 4.69) is 0 Å². The van der Waals surface area contributed by atoms with E-state index in [1.807, 2.05) is 0 Å². The van der Waals surface area contributed by atoms with Crippen LogP contribution >= 0.6 is 46.4 Å². The van der Waals surface area contributed by atoms with Crippen molar-refractivity contribution in [1.82, 2.24) is 0 Å². The smallest absolute Gasteiger partial charge is 0.283 e. The molecule has 29 heavy (non-hydrogen) atoms. The molecule has 0 aliphatic carbocycles. The molecule has 0 saturated heterocycles. The van der Waals surface area contributed by atoms with Gasteiger partial charge in [0.2, 0.25) is 0 Å². The summed E-state index contributed by atoms with van der Waals surface area (Å²) in [6.45, 7) is 0. The van der Waals surface area contributed by atoms with Crippen LogP contribution in [-0.2, 0) is 14.9 Å². The van der Waals surface area contributed by atoms with E-state index in [0.717, 1.165) is 6.07 Å². The van der Waals surface area contributed by atoms with E-state index in [4.69, 9.17) is 46.4 Å². The van der Waals surface area contributed by atoms with Gasteiger partial charge in [0.1, 0.15) is 21.5 Å². The van der Waals surface area contributed by atoms with Gasteiger partial charge in [0, 0.05) is 15.6 Å². The maximum Gasteiger partial charge on any atom is 0.283 e. The normalized spacial score (nSPS) is 13.8. The summed E-state index contributed by atoms with van der Waals surface area (Å²) in [6, 6.07) is 12.4. The Morgan fingerprint density at radius 3 is 1.83 bits per heavy atom.